The fourth-order valence-electron chi connectivity index (χ4n) is 4.37. The third-order valence-corrected chi connectivity index (χ3v) is 5.52. The molecule has 1 aliphatic heterocycles. The summed E-state index contributed by atoms with van der Waals surface area (Å²) < 4.78 is 6.19. The minimum absolute atomic E-state index is 0.227. The minimum atomic E-state index is 0.227. The van der Waals surface area contributed by atoms with Gasteiger partial charge in [0.1, 0.15) is 0 Å². The highest BCUT2D eigenvalue weighted by atomic mass is 16.5. The van der Waals surface area contributed by atoms with Crippen molar-refractivity contribution in [2.24, 2.45) is 5.92 Å². The Kier molecular flexibility index (Phi) is 4.66. The first kappa shape index (κ1) is 15.1. The number of likely N-dealkylation sites (N-methyl/N-ethyl adjacent to an activating group) is 1. The Morgan fingerprint density at radius 3 is 2.86 bits per heavy atom. The highest BCUT2D eigenvalue weighted by Gasteiger charge is 2.41. The summed E-state index contributed by atoms with van der Waals surface area (Å²) in [7, 11) is 2.12. The number of benzene rings is 1. The highest BCUT2D eigenvalue weighted by molar-refractivity contribution is 5.23. The predicted octanol–water partition coefficient (Wildman–Crippen LogP) is 3.86. The van der Waals surface area contributed by atoms with E-state index in [4.69, 9.17) is 4.74 Å². The first-order valence-corrected chi connectivity index (χ1v) is 8.58. The number of hydrogen-bond acceptors (Lipinski definition) is 2. The second-order valence-electron chi connectivity index (χ2n) is 7.08. The highest BCUT2D eigenvalue weighted by Crippen LogP contribution is 2.43. The van der Waals surface area contributed by atoms with Crippen LogP contribution in [-0.2, 0) is 11.2 Å². The maximum atomic E-state index is 6.19. The molecule has 2 nitrogen and oxygen atoms in total. The van der Waals surface area contributed by atoms with E-state index in [9.17, 15) is 0 Å². The molecule has 2 atom stereocenters. The van der Waals surface area contributed by atoms with Crippen molar-refractivity contribution < 1.29 is 4.74 Å². The largest absolute Gasteiger partial charge is 0.375 e. The van der Waals surface area contributed by atoms with Crippen LogP contribution in [-0.4, -0.2) is 25.3 Å². The first-order chi connectivity index (χ1) is 10.2. The van der Waals surface area contributed by atoms with E-state index in [-0.39, 0.29) is 5.60 Å². The Labute approximate surface area is 129 Å². The van der Waals surface area contributed by atoms with Crippen molar-refractivity contribution in [1.29, 1.82) is 0 Å². The van der Waals surface area contributed by atoms with Crippen LogP contribution >= 0.6 is 0 Å². The Hall–Kier alpha value is -0.860. The summed E-state index contributed by atoms with van der Waals surface area (Å²) in [5, 5.41) is 3.59. The van der Waals surface area contributed by atoms with Crippen molar-refractivity contribution in [1.82, 2.24) is 5.32 Å². The van der Waals surface area contributed by atoms with Gasteiger partial charge in [0.2, 0.25) is 0 Å². The average molecular weight is 287 g/mol. The lowest BCUT2D eigenvalue weighted by atomic mass is 9.79. The predicted molar refractivity (Wildman–Crippen MR) is 87.6 cm³/mol. The Balaban J connectivity index is 1.67. The molecule has 0 aromatic heterocycles. The molecule has 2 heteroatoms. The zero-order valence-corrected chi connectivity index (χ0v) is 13.5. The quantitative estimate of drug-likeness (QED) is 0.908. The molecule has 1 N–H and O–H groups in total. The number of nitrogens with one attached hydrogen (secondary N) is 1. The van der Waals surface area contributed by atoms with E-state index < -0.39 is 0 Å². The molecule has 1 aliphatic carbocycles. The van der Waals surface area contributed by atoms with Crippen LogP contribution in [0.1, 0.15) is 49.7 Å². The van der Waals surface area contributed by atoms with Crippen LogP contribution < -0.4 is 5.32 Å². The van der Waals surface area contributed by atoms with Gasteiger partial charge in [-0.15, -0.1) is 0 Å². The molecule has 1 aromatic rings. The molecule has 1 saturated carbocycles. The standard InChI is InChI=1S/C19H29NO/c1-15-6-5-7-16(12-15)13-18(20-2)17-8-11-21-19(14-17)9-3-4-10-19/h5-7,12,17-18,20H,3-4,8-11,13-14H2,1-2H3. The smallest absolute Gasteiger partial charge is 0.0685 e. The van der Waals surface area contributed by atoms with Crippen molar-refractivity contribution in [3.63, 3.8) is 0 Å². The zero-order valence-electron chi connectivity index (χ0n) is 13.5. The molecular formula is C19H29NO. The zero-order chi connectivity index (χ0) is 14.7. The van der Waals surface area contributed by atoms with Crippen molar-refractivity contribution in [3.8, 4) is 0 Å². The van der Waals surface area contributed by atoms with Crippen LogP contribution in [0.5, 0.6) is 0 Å². The maximum Gasteiger partial charge on any atom is 0.0685 e. The van der Waals surface area contributed by atoms with Gasteiger partial charge in [0.05, 0.1) is 5.60 Å². The van der Waals surface area contributed by atoms with Gasteiger partial charge in [0.25, 0.3) is 0 Å². The van der Waals surface area contributed by atoms with Gasteiger partial charge < -0.3 is 10.1 Å². The molecule has 0 amide bonds. The second-order valence-corrected chi connectivity index (χ2v) is 7.08. The summed E-state index contributed by atoms with van der Waals surface area (Å²) >= 11 is 0. The van der Waals surface area contributed by atoms with Crippen LogP contribution in [0.2, 0.25) is 0 Å². The normalized spacial score (nSPS) is 26.1. The lowest BCUT2D eigenvalue weighted by molar-refractivity contribution is -0.0975. The summed E-state index contributed by atoms with van der Waals surface area (Å²) in [5.74, 6) is 0.752. The van der Waals surface area contributed by atoms with E-state index in [1.807, 2.05) is 0 Å². The molecule has 1 heterocycles. The van der Waals surface area contributed by atoms with Crippen molar-refractivity contribution in [2.75, 3.05) is 13.7 Å². The molecule has 2 aliphatic rings. The molecular weight excluding hydrogens is 258 g/mol. The molecule has 0 radical (unpaired) electrons. The second kappa shape index (κ2) is 6.50. The van der Waals surface area contributed by atoms with Gasteiger partial charge in [-0.1, -0.05) is 42.7 Å². The maximum absolute atomic E-state index is 6.19. The molecule has 2 unspecified atom stereocenters. The molecule has 1 saturated heterocycles. The SMILES string of the molecule is CNC(Cc1cccc(C)c1)C1CCOC2(CCCC2)C1. The third-order valence-electron chi connectivity index (χ3n) is 5.52. The van der Waals surface area contributed by atoms with E-state index in [2.05, 4.69) is 43.6 Å². The summed E-state index contributed by atoms with van der Waals surface area (Å²) in [6.07, 6.45) is 8.88. The first-order valence-electron chi connectivity index (χ1n) is 8.58. The van der Waals surface area contributed by atoms with Crippen LogP contribution in [0.3, 0.4) is 0 Å². The molecule has 1 spiro atoms. The lowest BCUT2D eigenvalue weighted by Gasteiger charge is -2.41. The Morgan fingerprint density at radius 1 is 1.33 bits per heavy atom. The molecule has 1 aromatic carbocycles. The molecule has 116 valence electrons. The van der Waals surface area contributed by atoms with Crippen molar-refractivity contribution in [3.05, 3.63) is 35.4 Å². The summed E-state index contributed by atoms with van der Waals surface area (Å²) in [5.41, 5.74) is 3.05. The van der Waals surface area contributed by atoms with Crippen LogP contribution in [0, 0.1) is 12.8 Å². The lowest BCUT2D eigenvalue weighted by Crippen LogP contribution is -2.45. The van der Waals surface area contributed by atoms with E-state index in [0.717, 1.165) is 18.9 Å². The fraction of sp³-hybridized carbons (Fsp3) is 0.684. The summed E-state index contributed by atoms with van der Waals surface area (Å²) in [6.45, 7) is 3.14. The minimum Gasteiger partial charge on any atom is -0.375 e. The van der Waals surface area contributed by atoms with Crippen molar-refractivity contribution in [2.45, 2.75) is 63.5 Å². The number of hydrogen-bond donors (Lipinski definition) is 1. The van der Waals surface area contributed by atoms with Crippen LogP contribution in [0.15, 0.2) is 24.3 Å². The fourth-order valence-corrected chi connectivity index (χ4v) is 4.37. The average Bonchev–Trinajstić information content (AvgIpc) is 2.92. The van der Waals surface area contributed by atoms with Crippen LogP contribution in [0.25, 0.3) is 0 Å². The van der Waals surface area contributed by atoms with Gasteiger partial charge in [0, 0.05) is 12.6 Å². The van der Waals surface area contributed by atoms with Gasteiger partial charge in [0.15, 0.2) is 0 Å². The third kappa shape index (κ3) is 3.49. The van der Waals surface area contributed by atoms with E-state index in [1.54, 1.807) is 0 Å². The summed E-state index contributed by atoms with van der Waals surface area (Å²) in [6, 6.07) is 9.53. The van der Waals surface area contributed by atoms with Gasteiger partial charge in [-0.25, -0.2) is 0 Å². The molecule has 0 bridgehead atoms. The number of ether oxygens (including phenoxy) is 1. The van der Waals surface area contributed by atoms with Crippen molar-refractivity contribution >= 4 is 0 Å². The Bertz CT molecular complexity index is 464. The van der Waals surface area contributed by atoms with Gasteiger partial charge in [-0.3, -0.25) is 0 Å². The van der Waals surface area contributed by atoms with Crippen LogP contribution in [0.4, 0.5) is 0 Å². The van der Waals surface area contributed by atoms with Gasteiger partial charge >= 0.3 is 0 Å². The number of aryl methyl sites for hydroxylation is 1. The van der Waals surface area contributed by atoms with Gasteiger partial charge in [-0.2, -0.15) is 0 Å². The number of rotatable bonds is 4. The van der Waals surface area contributed by atoms with E-state index >= 15 is 0 Å². The van der Waals surface area contributed by atoms with Gasteiger partial charge in [-0.05, 0) is 57.6 Å². The molecule has 2 fully saturated rings. The monoisotopic (exact) mass is 287 g/mol. The summed E-state index contributed by atoms with van der Waals surface area (Å²) in [4.78, 5) is 0. The molecule has 3 rings (SSSR count). The van der Waals surface area contributed by atoms with E-state index in [0.29, 0.717) is 6.04 Å². The van der Waals surface area contributed by atoms with E-state index in [1.165, 1.54) is 49.7 Å². The molecule has 21 heavy (non-hydrogen) atoms. The topological polar surface area (TPSA) is 21.3 Å². The Morgan fingerprint density at radius 2 is 2.14 bits per heavy atom.